The van der Waals surface area contributed by atoms with Gasteiger partial charge in [-0.15, -0.1) is 0 Å². The lowest BCUT2D eigenvalue weighted by Crippen LogP contribution is -2.22. The summed E-state index contributed by atoms with van der Waals surface area (Å²) in [4.78, 5) is 35.8. The van der Waals surface area contributed by atoms with E-state index in [2.05, 4.69) is 15.5 Å². The van der Waals surface area contributed by atoms with Gasteiger partial charge in [-0.3, -0.25) is 14.4 Å². The first-order valence-corrected chi connectivity index (χ1v) is 8.71. The largest absolute Gasteiger partial charge is 0.494 e. The van der Waals surface area contributed by atoms with Crippen molar-refractivity contribution in [1.82, 2.24) is 10.2 Å². The van der Waals surface area contributed by atoms with Crippen LogP contribution in [0.15, 0.2) is 53.3 Å². The predicted molar refractivity (Wildman–Crippen MR) is 103 cm³/mol. The summed E-state index contributed by atoms with van der Waals surface area (Å²) in [6.07, 6.45) is -0.159. The number of carbonyl (C=O) groups excluding carboxylic acids is 2. The van der Waals surface area contributed by atoms with Gasteiger partial charge in [0.15, 0.2) is 6.61 Å². The minimum absolute atomic E-state index is 0.159. The fourth-order valence-electron chi connectivity index (χ4n) is 2.64. The van der Waals surface area contributed by atoms with E-state index in [1.807, 2.05) is 6.92 Å². The van der Waals surface area contributed by atoms with Crippen molar-refractivity contribution in [2.45, 2.75) is 13.3 Å². The van der Waals surface area contributed by atoms with Gasteiger partial charge in [0.05, 0.1) is 24.1 Å². The molecule has 0 unspecified atom stereocenters. The van der Waals surface area contributed by atoms with Gasteiger partial charge in [-0.1, -0.05) is 18.2 Å². The van der Waals surface area contributed by atoms with Crippen molar-refractivity contribution in [2.24, 2.45) is 0 Å². The van der Waals surface area contributed by atoms with E-state index in [1.165, 1.54) is 0 Å². The van der Waals surface area contributed by atoms with E-state index >= 15 is 0 Å². The SMILES string of the molecule is CCOc1ccc(NC(=O)COC(=O)Cc2n[nH]c(=O)c3ccccc23)cc1. The maximum Gasteiger partial charge on any atom is 0.312 e. The number of hydrogen-bond acceptors (Lipinski definition) is 6. The van der Waals surface area contributed by atoms with Gasteiger partial charge in [-0.25, -0.2) is 5.10 Å². The fraction of sp³-hybridized carbons (Fsp3) is 0.200. The number of aromatic nitrogens is 2. The number of nitrogens with zero attached hydrogens (tertiary/aromatic N) is 1. The van der Waals surface area contributed by atoms with Crippen LogP contribution in [0.5, 0.6) is 5.75 Å². The molecule has 8 heteroatoms. The zero-order valence-corrected chi connectivity index (χ0v) is 15.2. The third-order valence-corrected chi connectivity index (χ3v) is 3.90. The second kappa shape index (κ2) is 8.81. The molecule has 0 saturated carbocycles. The normalized spacial score (nSPS) is 10.5. The van der Waals surface area contributed by atoms with Gasteiger partial charge in [0.25, 0.3) is 11.5 Å². The van der Waals surface area contributed by atoms with Crippen molar-refractivity contribution in [3.8, 4) is 5.75 Å². The molecule has 0 aliphatic carbocycles. The van der Waals surface area contributed by atoms with E-state index in [9.17, 15) is 14.4 Å². The van der Waals surface area contributed by atoms with E-state index in [0.717, 1.165) is 0 Å². The monoisotopic (exact) mass is 381 g/mol. The van der Waals surface area contributed by atoms with Crippen LogP contribution < -0.4 is 15.6 Å². The molecule has 0 bridgehead atoms. The number of anilines is 1. The molecule has 3 aromatic rings. The third kappa shape index (κ3) is 4.73. The van der Waals surface area contributed by atoms with Gasteiger partial charge in [0.2, 0.25) is 0 Å². The van der Waals surface area contributed by atoms with Crippen LogP contribution in [0, 0.1) is 0 Å². The maximum absolute atomic E-state index is 12.1. The Morgan fingerprint density at radius 1 is 1.07 bits per heavy atom. The summed E-state index contributed by atoms with van der Waals surface area (Å²) in [6.45, 7) is 2.02. The molecule has 1 amide bonds. The molecular formula is C20H19N3O5. The van der Waals surface area contributed by atoms with Crippen molar-refractivity contribution in [2.75, 3.05) is 18.5 Å². The smallest absolute Gasteiger partial charge is 0.312 e. The number of amides is 1. The Kier molecular flexibility index (Phi) is 6.01. The minimum atomic E-state index is -0.619. The van der Waals surface area contributed by atoms with Crippen molar-refractivity contribution < 1.29 is 19.1 Å². The average Bonchev–Trinajstić information content (AvgIpc) is 2.70. The second-order valence-electron chi connectivity index (χ2n) is 5.89. The standard InChI is InChI=1S/C20H19N3O5/c1-2-27-14-9-7-13(8-10-14)21-18(24)12-28-19(25)11-17-15-5-3-4-6-16(15)20(26)23-22-17/h3-10H,2,11-12H2,1H3,(H,21,24)(H,23,26). The first-order chi connectivity index (χ1) is 13.6. The van der Waals surface area contributed by atoms with Crippen molar-refractivity contribution in [3.05, 3.63) is 64.6 Å². The highest BCUT2D eigenvalue weighted by Crippen LogP contribution is 2.16. The van der Waals surface area contributed by atoms with Crippen LogP contribution in [0.3, 0.4) is 0 Å². The van der Waals surface area contributed by atoms with Crippen LogP contribution in [-0.2, 0) is 20.7 Å². The molecule has 0 radical (unpaired) electrons. The van der Waals surface area contributed by atoms with Crippen molar-refractivity contribution in [3.63, 3.8) is 0 Å². The molecule has 0 fully saturated rings. The van der Waals surface area contributed by atoms with Crippen LogP contribution in [0.2, 0.25) is 0 Å². The number of fused-ring (bicyclic) bond motifs is 1. The lowest BCUT2D eigenvalue weighted by molar-refractivity contribution is -0.146. The molecule has 3 rings (SSSR count). The van der Waals surface area contributed by atoms with E-state index in [0.29, 0.717) is 34.5 Å². The van der Waals surface area contributed by atoms with Gasteiger partial charge < -0.3 is 14.8 Å². The molecule has 0 atom stereocenters. The predicted octanol–water partition coefficient (Wildman–Crippen LogP) is 2.05. The van der Waals surface area contributed by atoms with Crippen LogP contribution in [0.1, 0.15) is 12.6 Å². The molecule has 2 aromatic carbocycles. The van der Waals surface area contributed by atoms with Crippen molar-refractivity contribution >= 4 is 28.3 Å². The van der Waals surface area contributed by atoms with E-state index < -0.39 is 18.5 Å². The number of nitrogens with one attached hydrogen (secondary N) is 2. The number of esters is 1. The molecule has 1 heterocycles. The highest BCUT2D eigenvalue weighted by atomic mass is 16.5. The molecule has 0 spiro atoms. The summed E-state index contributed by atoms with van der Waals surface area (Å²) in [7, 11) is 0. The molecule has 0 aliphatic heterocycles. The Morgan fingerprint density at radius 2 is 1.79 bits per heavy atom. The fourth-order valence-corrected chi connectivity index (χ4v) is 2.64. The van der Waals surface area contributed by atoms with Gasteiger partial charge in [0.1, 0.15) is 5.75 Å². The lowest BCUT2D eigenvalue weighted by Gasteiger charge is -2.08. The summed E-state index contributed by atoms with van der Waals surface area (Å²) in [5, 5.41) is 9.91. The Labute approximate surface area is 160 Å². The van der Waals surface area contributed by atoms with Crippen LogP contribution >= 0.6 is 0 Å². The summed E-state index contributed by atoms with van der Waals surface area (Å²) < 4.78 is 10.3. The van der Waals surface area contributed by atoms with Crippen LogP contribution in [0.4, 0.5) is 5.69 Å². The van der Waals surface area contributed by atoms with Gasteiger partial charge in [-0.2, -0.15) is 5.10 Å². The first-order valence-electron chi connectivity index (χ1n) is 8.71. The van der Waals surface area contributed by atoms with E-state index in [-0.39, 0.29) is 12.0 Å². The number of H-pyrrole nitrogens is 1. The molecule has 1 aromatic heterocycles. The zero-order chi connectivity index (χ0) is 19.9. The maximum atomic E-state index is 12.1. The molecule has 0 saturated heterocycles. The van der Waals surface area contributed by atoms with E-state index in [1.54, 1.807) is 48.5 Å². The topological polar surface area (TPSA) is 110 Å². The molecule has 2 N–H and O–H groups in total. The summed E-state index contributed by atoms with van der Waals surface area (Å²) in [5.41, 5.74) is 0.618. The average molecular weight is 381 g/mol. The Balaban J connectivity index is 1.55. The van der Waals surface area contributed by atoms with Gasteiger partial charge in [0, 0.05) is 11.1 Å². The number of benzene rings is 2. The quantitative estimate of drug-likeness (QED) is 0.606. The highest BCUT2D eigenvalue weighted by Gasteiger charge is 2.13. The third-order valence-electron chi connectivity index (χ3n) is 3.90. The number of aromatic amines is 1. The van der Waals surface area contributed by atoms with E-state index in [4.69, 9.17) is 9.47 Å². The summed E-state index contributed by atoms with van der Waals surface area (Å²) >= 11 is 0. The Bertz CT molecular complexity index is 1040. The number of hydrogen-bond donors (Lipinski definition) is 2. The summed E-state index contributed by atoms with van der Waals surface area (Å²) in [6, 6.07) is 13.7. The number of ether oxygens (including phenoxy) is 2. The van der Waals surface area contributed by atoms with Crippen LogP contribution in [0.25, 0.3) is 10.8 Å². The molecule has 28 heavy (non-hydrogen) atoms. The molecule has 144 valence electrons. The van der Waals surface area contributed by atoms with Gasteiger partial charge in [-0.05, 0) is 37.3 Å². The zero-order valence-electron chi connectivity index (χ0n) is 15.2. The second-order valence-corrected chi connectivity index (χ2v) is 5.89. The lowest BCUT2D eigenvalue weighted by atomic mass is 10.1. The Hall–Kier alpha value is -3.68. The summed E-state index contributed by atoms with van der Waals surface area (Å²) in [5.74, 6) is -0.379. The first kappa shape index (κ1) is 19.1. The molecule has 0 aliphatic rings. The number of carbonyl (C=O) groups is 2. The van der Waals surface area contributed by atoms with Crippen molar-refractivity contribution in [1.29, 1.82) is 0 Å². The molecular weight excluding hydrogens is 362 g/mol. The molecule has 8 nitrogen and oxygen atoms in total. The highest BCUT2D eigenvalue weighted by molar-refractivity contribution is 5.93. The van der Waals surface area contributed by atoms with Gasteiger partial charge >= 0.3 is 5.97 Å². The van der Waals surface area contributed by atoms with Crippen LogP contribution in [-0.4, -0.2) is 35.3 Å². The Morgan fingerprint density at radius 3 is 2.50 bits per heavy atom. The number of rotatable bonds is 7. The minimum Gasteiger partial charge on any atom is -0.494 e.